The van der Waals surface area contributed by atoms with E-state index in [0.29, 0.717) is 0 Å². The van der Waals surface area contributed by atoms with Crippen molar-refractivity contribution in [2.24, 2.45) is 0 Å². The second-order valence-corrected chi connectivity index (χ2v) is 0.852. The average molecular weight is 130 g/mol. The van der Waals surface area contributed by atoms with Crippen molar-refractivity contribution < 1.29 is 28.1 Å². The van der Waals surface area contributed by atoms with Gasteiger partial charge >= 0.3 is 12.8 Å². The summed E-state index contributed by atoms with van der Waals surface area (Å²) in [6, 6.07) is 0. The van der Waals surface area contributed by atoms with Gasteiger partial charge in [0.25, 0.3) is 0 Å². The van der Waals surface area contributed by atoms with Crippen LogP contribution in [0.15, 0.2) is 0 Å². The van der Waals surface area contributed by atoms with Gasteiger partial charge in [0.05, 0.1) is 0 Å². The summed E-state index contributed by atoms with van der Waals surface area (Å²) in [6.07, 6.45) is -5.10. The molecule has 0 aromatic rings. The van der Waals surface area contributed by atoms with Crippen LogP contribution in [0.5, 0.6) is 0 Å². The molecule has 6 heteroatoms. The van der Waals surface area contributed by atoms with E-state index in [0.717, 1.165) is 0 Å². The first-order valence-electron chi connectivity index (χ1n) is 1.48. The Kier molecular flexibility index (Phi) is 2.20. The highest BCUT2D eigenvalue weighted by molar-refractivity contribution is 4.20. The third-order valence-electron chi connectivity index (χ3n) is 0.230. The molecule has 0 saturated carbocycles. The zero-order valence-electron chi connectivity index (χ0n) is 3.44. The topological polar surface area (TPSA) is 49.0 Å². The number of ether oxygens (including phenoxy) is 1. The van der Waals surface area contributed by atoms with Gasteiger partial charge in [-0.1, -0.05) is 0 Å². The molecule has 0 aliphatic heterocycles. The minimum absolute atomic E-state index is 2.33. The molecule has 0 unspecified atom stereocenters. The van der Waals surface area contributed by atoms with Crippen LogP contribution in [0.25, 0.3) is 0 Å². The Morgan fingerprint density at radius 2 is 1.62 bits per heavy atom. The highest BCUT2D eigenvalue weighted by atomic mass is 19.4. The van der Waals surface area contributed by atoms with E-state index in [1.807, 2.05) is 0 Å². The molecule has 0 bridgehead atoms. The van der Waals surface area contributed by atoms with Crippen molar-refractivity contribution in [2.45, 2.75) is 12.8 Å². The highest BCUT2D eigenvalue weighted by Gasteiger charge is 2.33. The monoisotopic (exact) mass is 130 g/mol. The van der Waals surface area contributed by atoms with Crippen molar-refractivity contribution in [3.63, 3.8) is 0 Å². The molecule has 0 N–H and O–H groups in total. The molecule has 0 atom stereocenters. The summed E-state index contributed by atoms with van der Waals surface area (Å²) in [5.74, 6) is 0. The quantitative estimate of drug-likeness (QED) is 0.481. The Labute approximate surface area is 42.3 Å². The number of hydrogen-bond acceptors (Lipinski definition) is 1. The largest absolute Gasteiger partial charge is 0.526 e. The Hall–Kier alpha value is -0.330. The summed E-state index contributed by atoms with van der Waals surface area (Å²) in [5.41, 5.74) is 0. The maximum Gasteiger partial charge on any atom is 0.526 e. The van der Waals surface area contributed by atoms with Crippen LogP contribution in [-0.2, 0) is 14.9 Å². The van der Waals surface area contributed by atoms with Crippen molar-refractivity contribution in [3.8, 4) is 0 Å². The molecular formula is C2HF3O3. The predicted octanol–water partition coefficient (Wildman–Crippen LogP) is 0.667. The number of halogens is 3. The third-order valence-corrected chi connectivity index (χ3v) is 0.230. The van der Waals surface area contributed by atoms with Crippen molar-refractivity contribution in [3.05, 3.63) is 0 Å². The van der Waals surface area contributed by atoms with E-state index >= 15 is 0 Å². The number of rotatable bonds is 1. The maximum atomic E-state index is 10.7. The standard InChI is InChI=1S/C2HF3O3/c3-2(4,5)8-1(6)7/h1H. The lowest BCUT2D eigenvalue weighted by atomic mass is 11.2. The lowest BCUT2D eigenvalue weighted by Crippen LogP contribution is -2.20. The van der Waals surface area contributed by atoms with E-state index in [4.69, 9.17) is 10.2 Å². The van der Waals surface area contributed by atoms with Crippen LogP contribution in [0.1, 0.15) is 0 Å². The van der Waals surface area contributed by atoms with Crippen LogP contribution in [0.3, 0.4) is 0 Å². The van der Waals surface area contributed by atoms with Crippen LogP contribution in [0, 0.1) is 0 Å². The minimum Gasteiger partial charge on any atom is -0.232 e. The molecule has 0 aromatic carbocycles. The highest BCUT2D eigenvalue weighted by Crippen LogP contribution is 2.16. The van der Waals surface area contributed by atoms with Gasteiger partial charge in [-0.05, 0) is 0 Å². The predicted molar refractivity (Wildman–Crippen MR) is 12.3 cm³/mol. The molecule has 2 radical (unpaired) electrons. The van der Waals surface area contributed by atoms with Crippen molar-refractivity contribution >= 4 is 0 Å². The number of hydrogen-bond donors (Lipinski definition) is 0. The lowest BCUT2D eigenvalue weighted by molar-refractivity contribution is -0.438. The fraction of sp³-hybridized carbons (Fsp3) is 1.00. The molecule has 3 nitrogen and oxygen atoms in total. The summed E-state index contributed by atoms with van der Waals surface area (Å²) in [4.78, 5) is 0. The van der Waals surface area contributed by atoms with Gasteiger partial charge in [-0.2, -0.15) is 10.2 Å². The average Bonchev–Trinajstić information content (AvgIpc) is 1.21. The molecule has 0 rings (SSSR count). The molecule has 0 heterocycles. The van der Waals surface area contributed by atoms with E-state index in [2.05, 4.69) is 4.74 Å². The van der Waals surface area contributed by atoms with Gasteiger partial charge in [-0.3, -0.25) is 0 Å². The third kappa shape index (κ3) is 5.67. The number of alkyl halides is 3. The fourth-order valence-corrected chi connectivity index (χ4v) is 0.109. The van der Waals surface area contributed by atoms with Crippen LogP contribution < -0.4 is 0 Å². The zero-order valence-corrected chi connectivity index (χ0v) is 3.44. The zero-order chi connectivity index (χ0) is 6.78. The molecule has 0 saturated heterocycles. The van der Waals surface area contributed by atoms with E-state index < -0.39 is 12.8 Å². The summed E-state index contributed by atoms with van der Waals surface area (Å²) in [5, 5.41) is 18.1. The Morgan fingerprint density at radius 3 is 1.62 bits per heavy atom. The first-order valence-corrected chi connectivity index (χ1v) is 1.48. The van der Waals surface area contributed by atoms with Gasteiger partial charge in [0, 0.05) is 0 Å². The van der Waals surface area contributed by atoms with Gasteiger partial charge in [-0.15, -0.1) is 13.2 Å². The second-order valence-electron chi connectivity index (χ2n) is 0.852. The van der Waals surface area contributed by atoms with Crippen molar-refractivity contribution in [1.29, 1.82) is 0 Å². The first-order chi connectivity index (χ1) is 3.42. The van der Waals surface area contributed by atoms with Crippen LogP contribution in [0.2, 0.25) is 0 Å². The van der Waals surface area contributed by atoms with E-state index in [-0.39, 0.29) is 0 Å². The molecule has 0 aliphatic rings. The van der Waals surface area contributed by atoms with Crippen LogP contribution in [0.4, 0.5) is 13.2 Å². The molecule has 0 spiro atoms. The summed E-state index contributed by atoms with van der Waals surface area (Å²) >= 11 is 0. The lowest BCUT2D eigenvalue weighted by Gasteiger charge is -2.03. The molecule has 0 aliphatic carbocycles. The molecule has 0 fully saturated rings. The van der Waals surface area contributed by atoms with Crippen LogP contribution in [-0.4, -0.2) is 12.8 Å². The summed E-state index contributed by atoms with van der Waals surface area (Å²) in [7, 11) is 0. The smallest absolute Gasteiger partial charge is 0.232 e. The van der Waals surface area contributed by atoms with E-state index in [1.165, 1.54) is 0 Å². The SMILES string of the molecule is [O]C([O])OC(F)(F)F. The van der Waals surface area contributed by atoms with Crippen molar-refractivity contribution in [1.82, 2.24) is 0 Å². The molecule has 0 aromatic heterocycles. The van der Waals surface area contributed by atoms with Gasteiger partial charge < -0.3 is 0 Å². The Balaban J connectivity index is 3.39. The Bertz CT molecular complexity index is 67.4. The molecule has 48 valence electrons. The minimum atomic E-state index is -5.10. The van der Waals surface area contributed by atoms with E-state index in [1.54, 1.807) is 0 Å². The summed E-state index contributed by atoms with van der Waals surface area (Å²) in [6.45, 7) is -3.28. The molecular weight excluding hydrogens is 129 g/mol. The Morgan fingerprint density at radius 1 is 1.25 bits per heavy atom. The van der Waals surface area contributed by atoms with Crippen molar-refractivity contribution in [2.75, 3.05) is 0 Å². The van der Waals surface area contributed by atoms with Gasteiger partial charge in [0.2, 0.25) is 0 Å². The molecule has 0 amide bonds. The van der Waals surface area contributed by atoms with E-state index in [9.17, 15) is 13.2 Å². The summed E-state index contributed by atoms with van der Waals surface area (Å²) < 4.78 is 34.4. The van der Waals surface area contributed by atoms with Gasteiger partial charge in [0.1, 0.15) is 0 Å². The molecule has 8 heavy (non-hydrogen) atoms. The second kappa shape index (κ2) is 2.29. The van der Waals surface area contributed by atoms with Gasteiger partial charge in [0.15, 0.2) is 0 Å². The first kappa shape index (κ1) is 7.67. The maximum absolute atomic E-state index is 10.7. The van der Waals surface area contributed by atoms with Gasteiger partial charge in [-0.25, -0.2) is 4.74 Å². The van der Waals surface area contributed by atoms with Crippen LogP contribution >= 0.6 is 0 Å². The fourth-order valence-electron chi connectivity index (χ4n) is 0.109. The normalized spacial score (nSPS) is 12.8.